The lowest BCUT2D eigenvalue weighted by molar-refractivity contribution is -0.118. The summed E-state index contributed by atoms with van der Waals surface area (Å²) in [5.41, 5.74) is 2.25. The quantitative estimate of drug-likeness (QED) is 0.900. The molecule has 1 aliphatic heterocycles. The van der Waals surface area contributed by atoms with Crippen LogP contribution in [-0.2, 0) is 11.2 Å². The number of imide groups is 1. The summed E-state index contributed by atoms with van der Waals surface area (Å²) in [7, 11) is 0. The van der Waals surface area contributed by atoms with Crippen molar-refractivity contribution in [1.82, 2.24) is 5.32 Å². The average molecular weight is 341 g/mol. The predicted octanol–water partition coefficient (Wildman–Crippen LogP) is 3.32. The van der Waals surface area contributed by atoms with E-state index in [9.17, 15) is 14.0 Å². The van der Waals surface area contributed by atoms with E-state index >= 15 is 0 Å². The number of rotatable bonds is 3. The Morgan fingerprint density at radius 2 is 1.88 bits per heavy atom. The summed E-state index contributed by atoms with van der Waals surface area (Å²) in [6, 6.07) is 13.2. The van der Waals surface area contributed by atoms with Crippen LogP contribution >= 0.6 is 0 Å². The lowest BCUT2D eigenvalue weighted by Gasteiger charge is -2.36. The maximum atomic E-state index is 13.5. The van der Waals surface area contributed by atoms with E-state index in [2.05, 4.69) is 23.6 Å². The Morgan fingerprint density at radius 1 is 1.16 bits per heavy atom. The molecule has 0 aliphatic carbocycles. The van der Waals surface area contributed by atoms with Gasteiger partial charge < -0.3 is 10.2 Å². The number of urea groups is 1. The minimum atomic E-state index is -0.743. The van der Waals surface area contributed by atoms with Crippen LogP contribution in [0, 0.1) is 5.82 Å². The van der Waals surface area contributed by atoms with Gasteiger partial charge in [-0.2, -0.15) is 0 Å². The van der Waals surface area contributed by atoms with Crippen LogP contribution < -0.4 is 15.5 Å². The number of benzene rings is 2. The van der Waals surface area contributed by atoms with E-state index in [0.29, 0.717) is 0 Å². The summed E-state index contributed by atoms with van der Waals surface area (Å²) in [4.78, 5) is 26.2. The first-order valence-corrected chi connectivity index (χ1v) is 8.24. The molecule has 0 aromatic heterocycles. The minimum absolute atomic E-state index is 0.0319. The molecule has 1 heterocycles. The fourth-order valence-electron chi connectivity index (χ4n) is 3.04. The number of para-hydroxylation sites is 2. The van der Waals surface area contributed by atoms with Crippen molar-refractivity contribution in [3.63, 3.8) is 0 Å². The molecule has 2 N–H and O–H groups in total. The number of carbonyl (C=O) groups is 2. The van der Waals surface area contributed by atoms with Crippen molar-refractivity contribution in [3.05, 3.63) is 59.9 Å². The molecule has 0 saturated carbocycles. The van der Waals surface area contributed by atoms with Crippen LogP contribution in [0.4, 0.5) is 20.6 Å². The molecule has 2 aromatic rings. The van der Waals surface area contributed by atoms with Crippen molar-refractivity contribution in [2.45, 2.75) is 25.8 Å². The molecule has 25 heavy (non-hydrogen) atoms. The number of halogens is 1. The van der Waals surface area contributed by atoms with E-state index in [4.69, 9.17) is 0 Å². The largest absolute Gasteiger partial charge is 0.359 e. The molecule has 3 rings (SSSR count). The van der Waals surface area contributed by atoms with Gasteiger partial charge in [-0.1, -0.05) is 30.3 Å². The minimum Gasteiger partial charge on any atom is -0.359 e. The van der Waals surface area contributed by atoms with Gasteiger partial charge in [-0.3, -0.25) is 10.1 Å². The molecule has 5 nitrogen and oxygen atoms in total. The molecule has 2 aromatic carbocycles. The highest BCUT2D eigenvalue weighted by atomic mass is 19.1. The van der Waals surface area contributed by atoms with Crippen LogP contribution in [0.2, 0.25) is 0 Å². The number of amides is 3. The number of carbonyl (C=O) groups excluding carboxylic acids is 2. The first-order valence-electron chi connectivity index (χ1n) is 8.24. The van der Waals surface area contributed by atoms with Gasteiger partial charge in [0.05, 0.1) is 12.2 Å². The fraction of sp³-hybridized carbons (Fsp3) is 0.263. The van der Waals surface area contributed by atoms with Crippen molar-refractivity contribution in [2.24, 2.45) is 0 Å². The molecule has 0 spiro atoms. The number of aryl methyl sites for hydroxylation is 1. The summed E-state index contributed by atoms with van der Waals surface area (Å²) in [6.07, 6.45) is 1.93. The molecular weight excluding hydrogens is 321 g/mol. The van der Waals surface area contributed by atoms with Gasteiger partial charge >= 0.3 is 6.03 Å². The maximum absolute atomic E-state index is 13.5. The normalized spacial score (nSPS) is 16.1. The topological polar surface area (TPSA) is 61.4 Å². The Kier molecular flexibility index (Phi) is 4.97. The molecule has 0 saturated heterocycles. The molecule has 6 heteroatoms. The van der Waals surface area contributed by atoms with Crippen LogP contribution in [0.3, 0.4) is 0 Å². The third-order valence-corrected chi connectivity index (χ3v) is 4.35. The Morgan fingerprint density at radius 3 is 2.68 bits per heavy atom. The summed E-state index contributed by atoms with van der Waals surface area (Å²) in [6.45, 7) is 2.13. The molecule has 130 valence electrons. The van der Waals surface area contributed by atoms with Crippen LogP contribution in [0.5, 0.6) is 0 Å². The van der Waals surface area contributed by atoms with Gasteiger partial charge in [0, 0.05) is 11.7 Å². The van der Waals surface area contributed by atoms with Crippen LogP contribution in [-0.4, -0.2) is 24.5 Å². The van der Waals surface area contributed by atoms with Gasteiger partial charge in [0.25, 0.3) is 0 Å². The zero-order valence-electron chi connectivity index (χ0n) is 14.0. The number of nitrogens with zero attached hydrogens (tertiary/aromatic N) is 1. The van der Waals surface area contributed by atoms with Crippen molar-refractivity contribution in [2.75, 3.05) is 16.8 Å². The summed E-state index contributed by atoms with van der Waals surface area (Å²) in [5.74, 6) is -0.985. The van der Waals surface area contributed by atoms with E-state index in [1.54, 1.807) is 6.07 Å². The maximum Gasteiger partial charge on any atom is 0.326 e. The van der Waals surface area contributed by atoms with Crippen molar-refractivity contribution in [3.8, 4) is 0 Å². The van der Waals surface area contributed by atoms with E-state index in [1.807, 2.05) is 23.1 Å². The highest BCUT2D eigenvalue weighted by molar-refractivity contribution is 6.02. The third-order valence-electron chi connectivity index (χ3n) is 4.35. The van der Waals surface area contributed by atoms with Crippen molar-refractivity contribution in [1.29, 1.82) is 0 Å². The van der Waals surface area contributed by atoms with Crippen LogP contribution in [0.1, 0.15) is 18.9 Å². The summed E-state index contributed by atoms with van der Waals surface area (Å²) >= 11 is 0. The predicted molar refractivity (Wildman–Crippen MR) is 95.1 cm³/mol. The Balaban J connectivity index is 1.63. The molecule has 1 atom stereocenters. The summed E-state index contributed by atoms with van der Waals surface area (Å²) < 4.78 is 13.5. The smallest absolute Gasteiger partial charge is 0.326 e. The zero-order chi connectivity index (χ0) is 17.8. The fourth-order valence-corrected chi connectivity index (χ4v) is 3.04. The Hall–Kier alpha value is -2.89. The van der Waals surface area contributed by atoms with Gasteiger partial charge in [0.15, 0.2) is 0 Å². The first kappa shape index (κ1) is 17.0. The lowest BCUT2D eigenvalue weighted by atomic mass is 9.97. The second-order valence-corrected chi connectivity index (χ2v) is 6.13. The molecule has 0 bridgehead atoms. The second-order valence-electron chi connectivity index (χ2n) is 6.13. The number of fused-ring (bicyclic) bond motifs is 1. The van der Waals surface area contributed by atoms with Crippen molar-refractivity contribution >= 4 is 23.3 Å². The molecule has 1 aliphatic rings. The van der Waals surface area contributed by atoms with E-state index in [1.165, 1.54) is 23.8 Å². The number of hydrogen-bond donors (Lipinski definition) is 2. The highest BCUT2D eigenvalue weighted by Crippen LogP contribution is 2.29. The van der Waals surface area contributed by atoms with Gasteiger partial charge in [-0.05, 0) is 43.5 Å². The van der Waals surface area contributed by atoms with E-state index in [-0.39, 0.29) is 18.3 Å². The van der Waals surface area contributed by atoms with Gasteiger partial charge in [-0.15, -0.1) is 0 Å². The molecule has 0 radical (unpaired) electrons. The number of hydrogen-bond acceptors (Lipinski definition) is 3. The first-order chi connectivity index (χ1) is 12.0. The monoisotopic (exact) mass is 341 g/mol. The zero-order valence-corrected chi connectivity index (χ0v) is 14.0. The second kappa shape index (κ2) is 7.34. The molecular formula is C19H20FN3O2. The Bertz CT molecular complexity index is 794. The third kappa shape index (κ3) is 3.96. The SMILES string of the molecule is C[C@@H]1CCc2ccccc2N1CC(=O)NC(=O)Nc1ccccc1F. The van der Waals surface area contributed by atoms with Crippen molar-refractivity contribution < 1.29 is 14.0 Å². The van der Waals surface area contributed by atoms with E-state index < -0.39 is 17.8 Å². The van der Waals surface area contributed by atoms with E-state index in [0.717, 1.165) is 18.5 Å². The van der Waals surface area contributed by atoms with Gasteiger partial charge in [0.1, 0.15) is 5.82 Å². The average Bonchev–Trinajstić information content (AvgIpc) is 2.59. The van der Waals surface area contributed by atoms with Crippen LogP contribution in [0.25, 0.3) is 0 Å². The lowest BCUT2D eigenvalue weighted by Crippen LogP contribution is -2.46. The van der Waals surface area contributed by atoms with Gasteiger partial charge in [0.2, 0.25) is 5.91 Å². The van der Waals surface area contributed by atoms with Gasteiger partial charge in [-0.25, -0.2) is 9.18 Å². The molecule has 3 amide bonds. The highest BCUT2D eigenvalue weighted by Gasteiger charge is 2.25. The Labute approximate surface area is 145 Å². The standard InChI is InChI=1S/C19H20FN3O2/c1-13-10-11-14-6-2-5-9-17(14)23(13)12-18(24)22-19(25)21-16-8-4-3-7-15(16)20/h2-9,13H,10-12H2,1H3,(H2,21,22,24,25)/t13-/m1/s1. The van der Waals surface area contributed by atoms with Crippen LogP contribution in [0.15, 0.2) is 48.5 Å². The number of anilines is 2. The summed E-state index contributed by atoms with van der Waals surface area (Å²) in [5, 5.41) is 4.60. The molecule has 0 unspecified atom stereocenters. The molecule has 0 fully saturated rings. The number of nitrogens with one attached hydrogen (secondary N) is 2.